The van der Waals surface area contributed by atoms with E-state index in [2.05, 4.69) is 0 Å². The molecule has 0 bridgehead atoms. The molecule has 0 amide bonds. The van der Waals surface area contributed by atoms with Crippen LogP contribution in [0.25, 0.3) is 0 Å². The van der Waals surface area contributed by atoms with E-state index in [-0.39, 0.29) is 14.9 Å². The summed E-state index contributed by atoms with van der Waals surface area (Å²) in [6.07, 6.45) is 1.44. The molecule has 0 aliphatic carbocycles. The van der Waals surface area contributed by atoms with E-state index in [9.17, 15) is 8.42 Å². The molecule has 0 aliphatic heterocycles. The Hall–Kier alpha value is 0.390. The van der Waals surface area contributed by atoms with Gasteiger partial charge in [-0.15, -0.1) is 0 Å². The van der Waals surface area contributed by atoms with Gasteiger partial charge in [0.15, 0.2) is 0 Å². The van der Waals surface area contributed by atoms with E-state index in [1.165, 1.54) is 18.4 Å². The number of hydrogen-bond donors (Lipinski definition) is 0. The van der Waals surface area contributed by atoms with Crippen molar-refractivity contribution in [1.82, 2.24) is 0 Å². The fourth-order valence-electron chi connectivity index (χ4n) is 0.851. The highest BCUT2D eigenvalue weighted by Crippen LogP contribution is 2.36. The second-order valence-corrected chi connectivity index (χ2v) is 7.54. The molecular formula is C7H5Cl3O2S2. The molecule has 78 valence electrons. The summed E-state index contributed by atoms with van der Waals surface area (Å²) in [5.74, 6) is 0. The minimum Gasteiger partial charge on any atom is -0.212 e. The van der Waals surface area contributed by atoms with Gasteiger partial charge in [0.05, 0.1) is 10.0 Å². The molecule has 1 rings (SSSR count). The summed E-state index contributed by atoms with van der Waals surface area (Å²) in [4.78, 5) is -0.0854. The van der Waals surface area contributed by atoms with E-state index in [1.54, 1.807) is 0 Å². The van der Waals surface area contributed by atoms with Gasteiger partial charge < -0.3 is 0 Å². The summed E-state index contributed by atoms with van der Waals surface area (Å²) in [7, 11) is -2.81. The molecule has 0 atom stereocenters. The van der Waals surface area contributed by atoms with Crippen LogP contribution in [0, 0.1) is 0 Å². The van der Waals surface area contributed by atoms with E-state index < -0.39 is 8.87 Å². The normalized spacial score (nSPS) is 11.7. The molecule has 2 nitrogen and oxygen atoms in total. The average molecular weight is 292 g/mol. The third kappa shape index (κ3) is 2.49. The lowest BCUT2D eigenvalue weighted by molar-refractivity contribution is 0.610. The quantitative estimate of drug-likeness (QED) is 0.779. The number of halogens is 3. The fourth-order valence-corrected chi connectivity index (χ4v) is 4.35. The lowest BCUT2D eigenvalue weighted by atomic mass is 10.4. The van der Waals surface area contributed by atoms with Crippen molar-refractivity contribution in [2.75, 3.05) is 6.26 Å². The molecule has 0 saturated heterocycles. The maximum Gasteiger partial charge on any atom is 0.232 e. The van der Waals surface area contributed by atoms with Crippen molar-refractivity contribution in [1.29, 1.82) is 0 Å². The summed E-state index contributed by atoms with van der Waals surface area (Å²) >= 11 is 17.1. The van der Waals surface area contributed by atoms with Crippen molar-refractivity contribution >= 4 is 54.5 Å². The van der Waals surface area contributed by atoms with Crippen LogP contribution < -0.4 is 0 Å². The van der Waals surface area contributed by atoms with E-state index >= 15 is 0 Å². The third-order valence-electron chi connectivity index (χ3n) is 1.43. The average Bonchev–Trinajstić information content (AvgIpc) is 2.01. The first kappa shape index (κ1) is 12.5. The van der Waals surface area contributed by atoms with Gasteiger partial charge >= 0.3 is 0 Å². The lowest BCUT2D eigenvalue weighted by Gasteiger charge is -2.06. The van der Waals surface area contributed by atoms with Gasteiger partial charge in [0.1, 0.15) is 4.90 Å². The Bertz CT molecular complexity index is 433. The summed E-state index contributed by atoms with van der Waals surface area (Å²) in [5, 5.41) is 0.383. The van der Waals surface area contributed by atoms with Crippen LogP contribution in [-0.2, 0) is 8.87 Å². The maximum atomic E-state index is 11.5. The predicted octanol–water partition coefficient (Wildman–Crippen LogP) is 3.70. The summed E-state index contributed by atoms with van der Waals surface area (Å²) in [6.45, 7) is 0. The van der Waals surface area contributed by atoms with Gasteiger partial charge in [0.25, 0.3) is 0 Å². The Morgan fingerprint density at radius 3 is 1.93 bits per heavy atom. The van der Waals surface area contributed by atoms with Crippen LogP contribution in [0.5, 0.6) is 0 Å². The van der Waals surface area contributed by atoms with Crippen molar-refractivity contribution in [3.8, 4) is 0 Å². The molecule has 7 heteroatoms. The Kier molecular flexibility index (Phi) is 4.00. The van der Waals surface area contributed by atoms with Crippen molar-refractivity contribution in [3.05, 3.63) is 27.2 Å². The zero-order valence-electron chi connectivity index (χ0n) is 6.92. The number of hydrogen-bond acceptors (Lipinski definition) is 3. The summed E-state index contributed by atoms with van der Waals surface area (Å²) in [6, 6.07) is 2.69. The fraction of sp³-hybridized carbons (Fsp3) is 0.143. The molecule has 0 radical (unpaired) electrons. The van der Waals surface area contributed by atoms with E-state index in [0.717, 1.165) is 0 Å². The van der Waals surface area contributed by atoms with Crippen LogP contribution in [0.2, 0.25) is 15.1 Å². The first-order valence-corrected chi connectivity index (χ1v) is 7.69. The molecular weight excluding hydrogens is 287 g/mol. The minimum absolute atomic E-state index is 0.0388. The molecule has 0 heterocycles. The molecule has 0 saturated carbocycles. The number of rotatable bonds is 2. The summed E-state index contributed by atoms with van der Waals surface area (Å²) < 4.78 is 23.0. The highest BCUT2D eigenvalue weighted by atomic mass is 35.5. The predicted molar refractivity (Wildman–Crippen MR) is 62.2 cm³/mol. The Balaban J connectivity index is 3.51. The topological polar surface area (TPSA) is 34.1 Å². The smallest absolute Gasteiger partial charge is 0.212 e. The van der Waals surface area contributed by atoms with Crippen molar-refractivity contribution in [3.63, 3.8) is 0 Å². The van der Waals surface area contributed by atoms with Crippen LogP contribution >= 0.6 is 45.6 Å². The van der Waals surface area contributed by atoms with Crippen LogP contribution in [0.15, 0.2) is 17.0 Å². The monoisotopic (exact) mass is 290 g/mol. The third-order valence-corrected chi connectivity index (χ3v) is 5.67. The van der Waals surface area contributed by atoms with Gasteiger partial charge in [-0.2, -0.15) is 0 Å². The molecule has 0 unspecified atom stereocenters. The minimum atomic E-state index is -3.48. The van der Waals surface area contributed by atoms with Crippen molar-refractivity contribution in [2.45, 2.75) is 4.90 Å². The highest BCUT2D eigenvalue weighted by Gasteiger charge is 2.21. The van der Waals surface area contributed by atoms with Crippen molar-refractivity contribution < 1.29 is 8.42 Å². The first-order valence-electron chi connectivity index (χ1n) is 3.33. The van der Waals surface area contributed by atoms with Gasteiger partial charge in [-0.1, -0.05) is 34.8 Å². The van der Waals surface area contributed by atoms with E-state index in [1.807, 2.05) is 0 Å². The lowest BCUT2D eigenvalue weighted by Crippen LogP contribution is -1.96. The Labute approximate surface area is 101 Å². The second-order valence-electron chi connectivity index (χ2n) is 2.32. The SMILES string of the molecule is CSS(=O)(=O)c1c(Cl)cc(Cl)cc1Cl. The first-order chi connectivity index (χ1) is 6.38. The standard InChI is InChI=1S/C7H5Cl3O2S2/c1-13-14(11,12)7-5(9)2-4(8)3-6(7)10/h2-3H,1H3. The van der Waals surface area contributed by atoms with Crippen molar-refractivity contribution in [2.24, 2.45) is 0 Å². The maximum absolute atomic E-state index is 11.5. The highest BCUT2D eigenvalue weighted by molar-refractivity contribution is 8.71. The Morgan fingerprint density at radius 2 is 1.57 bits per heavy atom. The van der Waals surface area contributed by atoms with Crippen LogP contribution in [0.4, 0.5) is 0 Å². The molecule has 0 fully saturated rings. The molecule has 0 spiro atoms. The van der Waals surface area contributed by atoms with Gasteiger partial charge in [0.2, 0.25) is 8.87 Å². The molecule has 14 heavy (non-hydrogen) atoms. The molecule has 0 aromatic heterocycles. The van der Waals surface area contributed by atoms with Crippen LogP contribution in [0.3, 0.4) is 0 Å². The second kappa shape index (κ2) is 4.49. The van der Waals surface area contributed by atoms with Crippen LogP contribution in [0.1, 0.15) is 0 Å². The Morgan fingerprint density at radius 1 is 1.14 bits per heavy atom. The molecule has 1 aromatic carbocycles. The largest absolute Gasteiger partial charge is 0.232 e. The zero-order valence-corrected chi connectivity index (χ0v) is 10.8. The zero-order chi connectivity index (χ0) is 10.9. The van der Waals surface area contributed by atoms with E-state index in [0.29, 0.717) is 15.8 Å². The van der Waals surface area contributed by atoms with Gasteiger partial charge in [-0.05, 0) is 29.2 Å². The summed E-state index contributed by atoms with van der Waals surface area (Å²) in [5.41, 5.74) is 0. The van der Waals surface area contributed by atoms with Gasteiger partial charge in [-0.25, -0.2) is 8.42 Å². The molecule has 0 N–H and O–H groups in total. The van der Waals surface area contributed by atoms with Gasteiger partial charge in [0, 0.05) is 5.02 Å². The van der Waals surface area contributed by atoms with E-state index in [4.69, 9.17) is 34.8 Å². The van der Waals surface area contributed by atoms with Gasteiger partial charge in [-0.3, -0.25) is 0 Å². The molecule has 1 aromatic rings. The number of benzene rings is 1. The molecule has 0 aliphatic rings. The van der Waals surface area contributed by atoms with Crippen LogP contribution in [-0.4, -0.2) is 14.7 Å².